The van der Waals surface area contributed by atoms with Gasteiger partial charge in [0.05, 0.1) is 0 Å². The van der Waals surface area contributed by atoms with Gasteiger partial charge >= 0.3 is 23.9 Å². The highest BCUT2D eigenvalue weighted by atomic mass is 16.4. The summed E-state index contributed by atoms with van der Waals surface area (Å²) in [5.74, 6) is -4.66. The van der Waals surface area contributed by atoms with Gasteiger partial charge in [-0.25, -0.2) is 4.79 Å². The van der Waals surface area contributed by atoms with Crippen molar-refractivity contribution in [2.24, 2.45) is 29.0 Å². The van der Waals surface area contributed by atoms with E-state index in [9.17, 15) is 28.8 Å². The number of rotatable bonds is 10. The molecule has 12 N–H and O–H groups in total. The molecule has 0 unspecified atom stereocenters. The molecule has 0 aromatic heterocycles. The normalized spacial score (nSPS) is 16.3. The van der Waals surface area contributed by atoms with E-state index in [-0.39, 0.29) is 36.6 Å². The molecular weight excluding hydrogens is 494 g/mol. The third-order valence-corrected chi connectivity index (χ3v) is 4.67. The van der Waals surface area contributed by atoms with Gasteiger partial charge in [-0.05, 0) is 37.6 Å². The number of nitrogens with two attached hydrogens (primary N) is 3. The molecule has 0 aliphatic carbocycles. The molecule has 0 radical (unpaired) electrons. The first-order chi connectivity index (χ1) is 16.8. The predicted octanol–water partition coefficient (Wildman–Crippen LogP) is -1.23. The Morgan fingerprint density at radius 1 is 0.892 bits per heavy atom. The van der Waals surface area contributed by atoms with Gasteiger partial charge in [-0.1, -0.05) is 27.7 Å². The van der Waals surface area contributed by atoms with Gasteiger partial charge in [0.25, 0.3) is 0 Å². The van der Waals surface area contributed by atoms with Crippen LogP contribution in [0.3, 0.4) is 0 Å². The van der Waals surface area contributed by atoms with E-state index in [1.165, 1.54) is 6.92 Å². The smallest absolute Gasteiger partial charge is 0.326 e. The van der Waals surface area contributed by atoms with Gasteiger partial charge in [-0.3, -0.25) is 24.0 Å². The van der Waals surface area contributed by atoms with E-state index in [2.05, 4.69) is 10.6 Å². The molecule has 1 rings (SSSR count). The fourth-order valence-corrected chi connectivity index (χ4v) is 2.33. The third kappa shape index (κ3) is 22.9. The number of aliphatic carboxylic acids is 4. The van der Waals surface area contributed by atoms with E-state index in [4.69, 9.17) is 37.6 Å². The van der Waals surface area contributed by atoms with Gasteiger partial charge < -0.3 is 48.3 Å². The fourth-order valence-electron chi connectivity index (χ4n) is 2.33. The maximum absolute atomic E-state index is 10.5. The number of nitrogens with one attached hydrogen (secondary N) is 2. The summed E-state index contributed by atoms with van der Waals surface area (Å²) in [6, 6.07) is -2.73. The van der Waals surface area contributed by atoms with Crippen molar-refractivity contribution in [3.63, 3.8) is 0 Å². The first-order valence-electron chi connectivity index (χ1n) is 11.6. The number of carboxylic acids is 4. The van der Waals surface area contributed by atoms with Gasteiger partial charge in [0.15, 0.2) is 0 Å². The van der Waals surface area contributed by atoms with Crippen LogP contribution < -0.4 is 27.8 Å². The highest BCUT2D eigenvalue weighted by Crippen LogP contribution is 2.03. The van der Waals surface area contributed by atoms with Crippen molar-refractivity contribution in [1.82, 2.24) is 10.6 Å². The summed E-state index contributed by atoms with van der Waals surface area (Å²) in [7, 11) is 0. The quantitative estimate of drug-likeness (QED) is 0.158. The van der Waals surface area contributed by atoms with E-state index in [0.29, 0.717) is 0 Å². The minimum absolute atomic E-state index is 0.0208. The Bertz CT molecular complexity index is 727. The molecule has 0 bridgehead atoms. The van der Waals surface area contributed by atoms with Crippen LogP contribution in [0, 0.1) is 11.8 Å². The molecule has 0 aromatic rings. The zero-order valence-electron chi connectivity index (χ0n) is 22.0. The standard InChI is InChI=1S/C7H13NO3.C5H10N2O3.C5H9NO2.C5H11NO2/c1-4(2)6(7(10)11)8-5(3)9;6-3(5(9)10)1-2-4(7)8;7-5(8)4-2-1-3-6-4;1-3(2)4(6)5(7)8/h4,6H,1-3H3,(H,8,9)(H,10,11);3H,1-2,6H2,(H2,7,8)(H,9,10);4,6H,1-3H2,(H,7,8);3-4H,6H2,1-2H3,(H,7,8)/t6-;3-;2*4-/m0000/s1. The summed E-state index contributed by atoms with van der Waals surface area (Å²) in [6.45, 7) is 9.20. The van der Waals surface area contributed by atoms with Gasteiger partial charge in [0.2, 0.25) is 11.8 Å². The van der Waals surface area contributed by atoms with Crippen LogP contribution in [0.25, 0.3) is 0 Å². The summed E-state index contributed by atoms with van der Waals surface area (Å²) in [5, 5.41) is 38.6. The molecule has 1 saturated heterocycles. The van der Waals surface area contributed by atoms with Crippen LogP contribution in [0.2, 0.25) is 0 Å². The molecule has 1 heterocycles. The Hall–Kier alpha value is -3.30. The molecular formula is C22H43N5O10. The van der Waals surface area contributed by atoms with Crippen LogP contribution in [-0.4, -0.2) is 86.8 Å². The summed E-state index contributed by atoms with van der Waals surface area (Å²) in [5.41, 5.74) is 15.0. The summed E-state index contributed by atoms with van der Waals surface area (Å²) in [4.78, 5) is 61.2. The highest BCUT2D eigenvalue weighted by molar-refractivity contribution is 5.82. The average Bonchev–Trinajstić information content (AvgIpc) is 3.31. The maximum Gasteiger partial charge on any atom is 0.326 e. The van der Waals surface area contributed by atoms with Crippen LogP contribution in [0.5, 0.6) is 0 Å². The van der Waals surface area contributed by atoms with Gasteiger partial charge in [-0.2, -0.15) is 0 Å². The number of carbonyl (C=O) groups excluding carboxylic acids is 2. The van der Waals surface area contributed by atoms with E-state index in [1.807, 2.05) is 0 Å². The number of hydrogen-bond donors (Lipinski definition) is 9. The first-order valence-corrected chi connectivity index (χ1v) is 11.6. The number of amides is 2. The van der Waals surface area contributed by atoms with Crippen molar-refractivity contribution in [3.05, 3.63) is 0 Å². The summed E-state index contributed by atoms with van der Waals surface area (Å²) < 4.78 is 0. The van der Waals surface area contributed by atoms with E-state index >= 15 is 0 Å². The van der Waals surface area contributed by atoms with Crippen LogP contribution in [-0.2, 0) is 28.8 Å². The molecule has 216 valence electrons. The number of primary amides is 1. The molecule has 15 nitrogen and oxygen atoms in total. The molecule has 2 amide bonds. The summed E-state index contributed by atoms with van der Waals surface area (Å²) in [6.07, 6.45) is 1.91. The minimum Gasteiger partial charge on any atom is -0.480 e. The third-order valence-electron chi connectivity index (χ3n) is 4.67. The lowest BCUT2D eigenvalue weighted by molar-refractivity contribution is -0.143. The van der Waals surface area contributed by atoms with Crippen molar-refractivity contribution in [1.29, 1.82) is 0 Å². The zero-order valence-corrected chi connectivity index (χ0v) is 22.0. The fraction of sp³-hybridized carbons (Fsp3) is 0.727. The van der Waals surface area contributed by atoms with Gasteiger partial charge in [0.1, 0.15) is 24.2 Å². The SMILES string of the molecule is CC(=O)N[C@H](C(=O)O)C(C)C.CC(C)[C@H](N)C(=O)O.NC(=O)CC[C@H](N)C(=O)O.O=C(O)[C@@H]1CCCN1. The van der Waals surface area contributed by atoms with E-state index in [0.717, 1.165) is 19.4 Å². The van der Waals surface area contributed by atoms with Crippen molar-refractivity contribution >= 4 is 35.7 Å². The Morgan fingerprint density at radius 3 is 1.57 bits per heavy atom. The molecule has 1 aliphatic rings. The van der Waals surface area contributed by atoms with Crippen LogP contribution in [0.1, 0.15) is 60.3 Å². The Kier molecular flexibility index (Phi) is 21.5. The minimum atomic E-state index is -1.11. The Balaban J connectivity index is -0.000000420. The lowest BCUT2D eigenvalue weighted by atomic mass is 10.1. The van der Waals surface area contributed by atoms with Crippen molar-refractivity contribution in [2.45, 2.75) is 84.5 Å². The van der Waals surface area contributed by atoms with Crippen LogP contribution in [0.15, 0.2) is 0 Å². The van der Waals surface area contributed by atoms with Crippen LogP contribution >= 0.6 is 0 Å². The largest absolute Gasteiger partial charge is 0.480 e. The van der Waals surface area contributed by atoms with Gasteiger partial charge in [0, 0.05) is 13.3 Å². The molecule has 1 fully saturated rings. The molecule has 1 aliphatic heterocycles. The second-order valence-corrected chi connectivity index (χ2v) is 8.81. The van der Waals surface area contributed by atoms with E-state index in [1.54, 1.807) is 27.7 Å². The van der Waals surface area contributed by atoms with Crippen molar-refractivity contribution < 1.29 is 49.2 Å². The second kappa shape index (κ2) is 20.8. The molecule has 0 spiro atoms. The molecule has 4 atom stereocenters. The summed E-state index contributed by atoms with van der Waals surface area (Å²) >= 11 is 0. The molecule has 0 aromatic carbocycles. The molecule has 0 saturated carbocycles. The lowest BCUT2D eigenvalue weighted by Crippen LogP contribution is -2.43. The lowest BCUT2D eigenvalue weighted by Gasteiger charge is -2.16. The van der Waals surface area contributed by atoms with E-state index < -0.39 is 47.9 Å². The maximum atomic E-state index is 10.5. The van der Waals surface area contributed by atoms with Crippen LogP contribution in [0.4, 0.5) is 0 Å². The first kappa shape index (κ1) is 38.2. The predicted molar refractivity (Wildman–Crippen MR) is 133 cm³/mol. The highest BCUT2D eigenvalue weighted by Gasteiger charge is 2.21. The Labute approximate surface area is 216 Å². The van der Waals surface area contributed by atoms with Crippen molar-refractivity contribution in [3.8, 4) is 0 Å². The second-order valence-electron chi connectivity index (χ2n) is 8.81. The zero-order chi connectivity index (χ0) is 29.9. The average molecular weight is 538 g/mol. The molecule has 15 heteroatoms. The monoisotopic (exact) mass is 537 g/mol. The topological polar surface area (TPSA) is 285 Å². The Morgan fingerprint density at radius 2 is 1.41 bits per heavy atom. The number of carboxylic acid groups (broad SMARTS) is 4. The molecule has 37 heavy (non-hydrogen) atoms. The number of hydrogen-bond acceptors (Lipinski definition) is 9. The van der Waals surface area contributed by atoms with Gasteiger partial charge in [-0.15, -0.1) is 0 Å². The van der Waals surface area contributed by atoms with Crippen molar-refractivity contribution in [2.75, 3.05) is 6.54 Å². The number of carbonyl (C=O) groups is 6.